The summed E-state index contributed by atoms with van der Waals surface area (Å²) in [5.74, 6) is -0.633. The molecule has 128 valence electrons. The topological polar surface area (TPSA) is 64.6 Å². The first-order chi connectivity index (χ1) is 11.2. The van der Waals surface area contributed by atoms with Crippen molar-refractivity contribution in [3.8, 4) is 5.75 Å². The molecular formula is C18H20ClNO4. The number of rotatable bonds is 8. The zero-order chi connectivity index (χ0) is 16.5. The van der Waals surface area contributed by atoms with Crippen molar-refractivity contribution < 1.29 is 19.1 Å². The molecule has 2 aromatic rings. The van der Waals surface area contributed by atoms with Gasteiger partial charge in [-0.2, -0.15) is 0 Å². The largest absolute Gasteiger partial charge is 0.471 e. The predicted octanol–water partition coefficient (Wildman–Crippen LogP) is 2.39. The first kappa shape index (κ1) is 19.7. The number of benzene rings is 2. The molecule has 1 N–H and O–H groups in total. The highest BCUT2D eigenvalue weighted by atomic mass is 35.5. The maximum Gasteiger partial charge on any atom is 0.355 e. The zero-order valence-corrected chi connectivity index (χ0v) is 14.1. The van der Waals surface area contributed by atoms with Crippen LogP contribution in [0.25, 0.3) is 0 Å². The van der Waals surface area contributed by atoms with E-state index in [0.29, 0.717) is 5.75 Å². The molecule has 5 nitrogen and oxygen atoms in total. The van der Waals surface area contributed by atoms with Crippen LogP contribution in [0.5, 0.6) is 5.75 Å². The Balaban J connectivity index is 0.00000288. The Morgan fingerprint density at radius 1 is 1.00 bits per heavy atom. The van der Waals surface area contributed by atoms with Crippen molar-refractivity contribution in [3.63, 3.8) is 0 Å². The van der Waals surface area contributed by atoms with E-state index in [4.69, 9.17) is 9.47 Å². The van der Waals surface area contributed by atoms with E-state index in [-0.39, 0.29) is 31.3 Å². The number of halogens is 1. The molecule has 0 bridgehead atoms. The van der Waals surface area contributed by atoms with Gasteiger partial charge in [-0.1, -0.05) is 48.5 Å². The normalized spacial score (nSPS) is 11.0. The number of ether oxygens (including phenoxy) is 2. The standard InChI is InChI=1S/C18H19NO4.ClH/c1-19-12-16(20)17(23-15-10-6-3-7-11-15)18(21)22-13-14-8-4-2-5-9-14;/h2-11,17,19H,12-13H2,1H3;1H. The second-order valence-electron chi connectivity index (χ2n) is 4.90. The van der Waals surface area contributed by atoms with Gasteiger partial charge in [-0.05, 0) is 24.7 Å². The number of carbonyl (C=O) groups is 2. The van der Waals surface area contributed by atoms with Crippen LogP contribution in [-0.2, 0) is 20.9 Å². The summed E-state index contributed by atoms with van der Waals surface area (Å²) in [6.07, 6.45) is -1.28. The summed E-state index contributed by atoms with van der Waals surface area (Å²) in [6, 6.07) is 18.0. The minimum absolute atomic E-state index is 0. The van der Waals surface area contributed by atoms with Crippen molar-refractivity contribution >= 4 is 24.2 Å². The molecule has 0 fully saturated rings. The summed E-state index contributed by atoms with van der Waals surface area (Å²) in [6.45, 7) is 0.124. The number of esters is 1. The quantitative estimate of drug-likeness (QED) is 0.585. The second-order valence-corrected chi connectivity index (χ2v) is 4.90. The van der Waals surface area contributed by atoms with Crippen LogP contribution in [0.1, 0.15) is 5.56 Å². The Morgan fingerprint density at radius 3 is 2.17 bits per heavy atom. The molecule has 0 aliphatic heterocycles. The van der Waals surface area contributed by atoms with Gasteiger partial charge in [-0.25, -0.2) is 4.79 Å². The molecule has 2 rings (SSSR count). The van der Waals surface area contributed by atoms with Crippen molar-refractivity contribution in [2.24, 2.45) is 0 Å². The minimum Gasteiger partial charge on any atom is -0.471 e. The molecule has 0 heterocycles. The third kappa shape index (κ3) is 6.02. The molecule has 1 unspecified atom stereocenters. The molecule has 0 spiro atoms. The highest BCUT2D eigenvalue weighted by molar-refractivity contribution is 6.03. The molecule has 0 amide bonds. The zero-order valence-electron chi connectivity index (χ0n) is 13.3. The summed E-state index contributed by atoms with van der Waals surface area (Å²) in [5.41, 5.74) is 0.848. The van der Waals surface area contributed by atoms with Gasteiger partial charge in [0.25, 0.3) is 6.10 Å². The first-order valence-electron chi connectivity index (χ1n) is 7.30. The first-order valence-corrected chi connectivity index (χ1v) is 7.30. The molecule has 1 atom stereocenters. The van der Waals surface area contributed by atoms with Crippen molar-refractivity contribution in [1.82, 2.24) is 5.32 Å². The lowest BCUT2D eigenvalue weighted by molar-refractivity contribution is -0.156. The molecular weight excluding hydrogens is 330 g/mol. The molecule has 6 heteroatoms. The average Bonchev–Trinajstić information content (AvgIpc) is 2.59. The summed E-state index contributed by atoms with van der Waals surface area (Å²) < 4.78 is 10.7. The van der Waals surface area contributed by atoms with Crippen molar-refractivity contribution in [2.45, 2.75) is 12.7 Å². The molecule has 24 heavy (non-hydrogen) atoms. The average molecular weight is 350 g/mol. The SMILES string of the molecule is CNCC(=O)C(Oc1ccccc1)C(=O)OCc1ccccc1.Cl. The van der Waals surface area contributed by atoms with Gasteiger partial charge in [0.1, 0.15) is 12.4 Å². The predicted molar refractivity (Wildman–Crippen MR) is 93.3 cm³/mol. The maximum absolute atomic E-state index is 12.2. The van der Waals surface area contributed by atoms with E-state index in [1.54, 1.807) is 31.3 Å². The molecule has 0 aromatic heterocycles. The lowest BCUT2D eigenvalue weighted by Gasteiger charge is -2.17. The Hall–Kier alpha value is -2.37. The summed E-state index contributed by atoms with van der Waals surface area (Å²) >= 11 is 0. The fraction of sp³-hybridized carbons (Fsp3) is 0.222. The van der Waals surface area contributed by atoms with Crippen molar-refractivity contribution in [1.29, 1.82) is 0 Å². The van der Waals surface area contributed by atoms with E-state index in [2.05, 4.69) is 5.32 Å². The number of para-hydroxylation sites is 1. The van der Waals surface area contributed by atoms with E-state index in [9.17, 15) is 9.59 Å². The molecule has 0 saturated heterocycles. The molecule has 0 saturated carbocycles. The smallest absolute Gasteiger partial charge is 0.355 e. The van der Waals surface area contributed by atoms with Crippen LogP contribution >= 0.6 is 12.4 Å². The van der Waals surface area contributed by atoms with Crippen LogP contribution in [0.4, 0.5) is 0 Å². The van der Waals surface area contributed by atoms with Crippen LogP contribution in [0.2, 0.25) is 0 Å². The number of ketones is 1. The molecule has 0 radical (unpaired) electrons. The fourth-order valence-corrected chi connectivity index (χ4v) is 1.95. The lowest BCUT2D eigenvalue weighted by Crippen LogP contribution is -2.41. The fourth-order valence-electron chi connectivity index (χ4n) is 1.95. The van der Waals surface area contributed by atoms with Gasteiger partial charge in [0.05, 0.1) is 6.54 Å². The Morgan fingerprint density at radius 2 is 1.58 bits per heavy atom. The van der Waals surface area contributed by atoms with Crippen LogP contribution in [-0.4, -0.2) is 31.4 Å². The van der Waals surface area contributed by atoms with E-state index in [1.807, 2.05) is 36.4 Å². The van der Waals surface area contributed by atoms with E-state index in [0.717, 1.165) is 5.56 Å². The second kappa shape index (κ2) is 10.4. The van der Waals surface area contributed by atoms with Gasteiger partial charge in [-0.3, -0.25) is 4.79 Å². The number of likely N-dealkylation sites (N-methyl/N-ethyl adjacent to an activating group) is 1. The monoisotopic (exact) mass is 349 g/mol. The molecule has 2 aromatic carbocycles. The summed E-state index contributed by atoms with van der Waals surface area (Å²) in [7, 11) is 1.63. The van der Waals surface area contributed by atoms with Crippen LogP contribution in [0.15, 0.2) is 60.7 Å². The van der Waals surface area contributed by atoms with Gasteiger partial charge in [-0.15, -0.1) is 12.4 Å². The van der Waals surface area contributed by atoms with Crippen molar-refractivity contribution in [2.75, 3.05) is 13.6 Å². The highest BCUT2D eigenvalue weighted by Crippen LogP contribution is 2.13. The number of nitrogens with one attached hydrogen (secondary N) is 1. The number of hydrogen-bond donors (Lipinski definition) is 1. The number of carbonyl (C=O) groups excluding carboxylic acids is 2. The summed E-state index contributed by atoms with van der Waals surface area (Å²) in [5, 5.41) is 2.73. The summed E-state index contributed by atoms with van der Waals surface area (Å²) in [4.78, 5) is 24.4. The highest BCUT2D eigenvalue weighted by Gasteiger charge is 2.29. The van der Waals surface area contributed by atoms with Crippen LogP contribution in [0.3, 0.4) is 0 Å². The molecule has 0 aliphatic rings. The molecule has 0 aliphatic carbocycles. The number of Topliss-reactive ketones (excluding diaryl/α,β-unsaturated/α-hetero) is 1. The van der Waals surface area contributed by atoms with Gasteiger partial charge in [0.2, 0.25) is 0 Å². The maximum atomic E-state index is 12.2. The van der Waals surface area contributed by atoms with Gasteiger partial charge < -0.3 is 14.8 Å². The third-order valence-electron chi connectivity index (χ3n) is 3.08. The Labute approximate surface area is 147 Å². The van der Waals surface area contributed by atoms with Crippen molar-refractivity contribution in [3.05, 3.63) is 66.2 Å². The number of hydrogen-bond acceptors (Lipinski definition) is 5. The minimum atomic E-state index is -1.28. The van der Waals surface area contributed by atoms with E-state index in [1.165, 1.54) is 0 Å². The Bertz CT molecular complexity index is 634. The van der Waals surface area contributed by atoms with Crippen LogP contribution in [0, 0.1) is 0 Å². The van der Waals surface area contributed by atoms with Gasteiger partial charge in [0.15, 0.2) is 5.78 Å². The Kier molecular flexibility index (Phi) is 8.54. The lowest BCUT2D eigenvalue weighted by atomic mass is 10.2. The third-order valence-corrected chi connectivity index (χ3v) is 3.08. The van der Waals surface area contributed by atoms with E-state index >= 15 is 0 Å². The van der Waals surface area contributed by atoms with Gasteiger partial charge in [0, 0.05) is 0 Å². The van der Waals surface area contributed by atoms with Crippen LogP contribution < -0.4 is 10.1 Å². The van der Waals surface area contributed by atoms with E-state index < -0.39 is 12.1 Å². The van der Waals surface area contributed by atoms with Gasteiger partial charge >= 0.3 is 5.97 Å².